The molecule has 1 aliphatic rings. The minimum atomic E-state index is -0.426. The number of anilines is 3. The molecule has 0 radical (unpaired) electrons. The van der Waals surface area contributed by atoms with Crippen molar-refractivity contribution in [3.63, 3.8) is 0 Å². The van der Waals surface area contributed by atoms with Gasteiger partial charge in [-0.1, -0.05) is 30.3 Å². The monoisotopic (exact) mass is 376 g/mol. The van der Waals surface area contributed by atoms with Gasteiger partial charge in [0.15, 0.2) is 11.5 Å². The third kappa shape index (κ3) is 3.77. The molecule has 28 heavy (non-hydrogen) atoms. The van der Waals surface area contributed by atoms with Gasteiger partial charge in [-0.05, 0) is 6.07 Å². The lowest BCUT2D eigenvalue weighted by Crippen LogP contribution is -2.36. The van der Waals surface area contributed by atoms with Gasteiger partial charge in [0.2, 0.25) is 0 Å². The summed E-state index contributed by atoms with van der Waals surface area (Å²) < 4.78 is 5.40. The number of rotatable bonds is 4. The molecule has 4 rings (SSSR count). The van der Waals surface area contributed by atoms with Gasteiger partial charge in [-0.25, -0.2) is 9.97 Å². The van der Waals surface area contributed by atoms with Crippen molar-refractivity contribution in [1.29, 1.82) is 0 Å². The summed E-state index contributed by atoms with van der Waals surface area (Å²) >= 11 is 0. The fourth-order valence-corrected chi connectivity index (χ4v) is 3.06. The molecular weight excluding hydrogens is 356 g/mol. The van der Waals surface area contributed by atoms with E-state index < -0.39 is 5.91 Å². The molecule has 1 fully saturated rings. The lowest BCUT2D eigenvalue weighted by molar-refractivity contribution is 0.102. The second-order valence-electron chi connectivity index (χ2n) is 6.30. The number of nitrogen functional groups attached to an aromatic ring is 1. The largest absolute Gasteiger partial charge is 0.382 e. The predicted molar refractivity (Wildman–Crippen MR) is 107 cm³/mol. The third-order valence-electron chi connectivity index (χ3n) is 4.48. The minimum Gasteiger partial charge on any atom is -0.382 e. The molecule has 3 N–H and O–H groups in total. The molecular formula is C20H20N6O2. The van der Waals surface area contributed by atoms with Crippen molar-refractivity contribution in [1.82, 2.24) is 15.0 Å². The molecule has 8 heteroatoms. The van der Waals surface area contributed by atoms with E-state index in [1.165, 1.54) is 0 Å². The topological polar surface area (TPSA) is 106 Å². The first kappa shape index (κ1) is 17.9. The quantitative estimate of drug-likeness (QED) is 0.719. The number of morpholine rings is 1. The highest BCUT2D eigenvalue weighted by molar-refractivity contribution is 6.07. The molecule has 0 atom stereocenters. The second-order valence-corrected chi connectivity index (χ2v) is 6.30. The Bertz CT molecular complexity index is 973. The summed E-state index contributed by atoms with van der Waals surface area (Å²) in [5.41, 5.74) is 8.94. The number of benzene rings is 1. The maximum atomic E-state index is 12.9. The highest BCUT2D eigenvalue weighted by atomic mass is 16.5. The van der Waals surface area contributed by atoms with Gasteiger partial charge in [0, 0.05) is 24.8 Å². The molecule has 1 aliphatic heterocycles. The van der Waals surface area contributed by atoms with E-state index in [0.29, 0.717) is 24.6 Å². The maximum Gasteiger partial charge on any atom is 0.278 e. The first-order valence-corrected chi connectivity index (χ1v) is 8.98. The van der Waals surface area contributed by atoms with Crippen LogP contribution in [0.25, 0.3) is 11.3 Å². The van der Waals surface area contributed by atoms with Crippen molar-refractivity contribution in [3.8, 4) is 11.3 Å². The van der Waals surface area contributed by atoms with Crippen molar-refractivity contribution in [2.45, 2.75) is 0 Å². The average molecular weight is 376 g/mol. The number of hydrogen-bond donors (Lipinski definition) is 2. The summed E-state index contributed by atoms with van der Waals surface area (Å²) in [6, 6.07) is 11.4. The Balaban J connectivity index is 1.61. The van der Waals surface area contributed by atoms with Gasteiger partial charge in [0.25, 0.3) is 5.91 Å². The van der Waals surface area contributed by atoms with Gasteiger partial charge in [-0.15, -0.1) is 0 Å². The number of nitrogens with zero attached hydrogens (tertiary/aromatic N) is 4. The maximum absolute atomic E-state index is 12.9. The highest BCUT2D eigenvalue weighted by Crippen LogP contribution is 2.26. The Labute approximate surface area is 162 Å². The van der Waals surface area contributed by atoms with Gasteiger partial charge in [0.05, 0.1) is 42.7 Å². The number of pyridine rings is 1. The number of amides is 1. The molecule has 0 bridgehead atoms. The van der Waals surface area contributed by atoms with E-state index in [-0.39, 0.29) is 11.5 Å². The standard InChI is InChI=1S/C20H20N6O2/c21-19-18(24-15(13-23-19)14-4-2-1-3-5-14)20(27)25-16-12-22-7-6-17(16)26-8-10-28-11-9-26/h1-7,12-13H,8-11H2,(H2,21,23)(H,25,27). The first-order valence-electron chi connectivity index (χ1n) is 8.98. The number of carbonyl (C=O) groups is 1. The van der Waals surface area contributed by atoms with Crippen molar-refractivity contribution in [2.75, 3.05) is 42.3 Å². The van der Waals surface area contributed by atoms with Crippen molar-refractivity contribution < 1.29 is 9.53 Å². The van der Waals surface area contributed by atoms with E-state index in [0.717, 1.165) is 24.3 Å². The Kier molecular flexibility index (Phi) is 5.11. The zero-order valence-corrected chi connectivity index (χ0v) is 15.2. The normalized spacial score (nSPS) is 13.9. The molecule has 2 aromatic heterocycles. The third-order valence-corrected chi connectivity index (χ3v) is 4.48. The lowest BCUT2D eigenvalue weighted by Gasteiger charge is -2.30. The molecule has 0 saturated carbocycles. The molecule has 142 valence electrons. The van der Waals surface area contributed by atoms with Crippen LogP contribution in [0.1, 0.15) is 10.5 Å². The van der Waals surface area contributed by atoms with Crippen LogP contribution in [0.5, 0.6) is 0 Å². The van der Waals surface area contributed by atoms with Crippen molar-refractivity contribution in [3.05, 3.63) is 60.7 Å². The minimum absolute atomic E-state index is 0.0778. The number of nitrogens with two attached hydrogens (primary N) is 1. The van der Waals surface area contributed by atoms with E-state index in [2.05, 4.69) is 25.2 Å². The molecule has 8 nitrogen and oxygen atoms in total. The lowest BCUT2D eigenvalue weighted by atomic mass is 10.1. The van der Waals surface area contributed by atoms with Crippen LogP contribution in [0, 0.1) is 0 Å². The number of carbonyl (C=O) groups excluding carboxylic acids is 1. The molecule has 0 spiro atoms. The smallest absolute Gasteiger partial charge is 0.278 e. The fraction of sp³-hybridized carbons (Fsp3) is 0.200. The number of ether oxygens (including phenoxy) is 1. The molecule has 1 aromatic carbocycles. The Morgan fingerprint density at radius 2 is 1.89 bits per heavy atom. The molecule has 1 saturated heterocycles. The van der Waals surface area contributed by atoms with Crippen LogP contribution in [0.3, 0.4) is 0 Å². The average Bonchev–Trinajstić information content (AvgIpc) is 2.75. The zero-order valence-electron chi connectivity index (χ0n) is 15.2. The number of hydrogen-bond acceptors (Lipinski definition) is 7. The van der Waals surface area contributed by atoms with Gasteiger partial charge in [0.1, 0.15) is 0 Å². The SMILES string of the molecule is Nc1ncc(-c2ccccc2)nc1C(=O)Nc1cnccc1N1CCOCC1. The van der Waals surface area contributed by atoms with E-state index in [1.54, 1.807) is 18.6 Å². The summed E-state index contributed by atoms with van der Waals surface area (Å²) in [7, 11) is 0. The van der Waals surface area contributed by atoms with Gasteiger partial charge >= 0.3 is 0 Å². The molecule has 1 amide bonds. The molecule has 0 aliphatic carbocycles. The Hall–Kier alpha value is -3.52. The van der Waals surface area contributed by atoms with E-state index >= 15 is 0 Å². The number of nitrogens with one attached hydrogen (secondary N) is 1. The second kappa shape index (κ2) is 8.01. The van der Waals surface area contributed by atoms with Crippen molar-refractivity contribution in [2.24, 2.45) is 0 Å². The van der Waals surface area contributed by atoms with Crippen molar-refractivity contribution >= 4 is 23.1 Å². The van der Waals surface area contributed by atoms with Crippen LogP contribution in [0.15, 0.2) is 55.0 Å². The number of aromatic nitrogens is 3. The summed E-state index contributed by atoms with van der Waals surface area (Å²) in [6.45, 7) is 2.79. The van der Waals surface area contributed by atoms with E-state index in [9.17, 15) is 4.79 Å². The summed E-state index contributed by atoms with van der Waals surface area (Å²) in [6.07, 6.45) is 4.88. The summed E-state index contributed by atoms with van der Waals surface area (Å²) in [4.78, 5) is 27.7. The summed E-state index contributed by atoms with van der Waals surface area (Å²) in [5.74, 6) is -0.348. The Morgan fingerprint density at radius 1 is 1.11 bits per heavy atom. The highest BCUT2D eigenvalue weighted by Gasteiger charge is 2.19. The molecule has 3 aromatic rings. The van der Waals surface area contributed by atoms with Crippen LogP contribution in [0.2, 0.25) is 0 Å². The summed E-state index contributed by atoms with van der Waals surface area (Å²) in [5, 5.41) is 2.88. The predicted octanol–water partition coefficient (Wildman–Crippen LogP) is 2.21. The van der Waals surface area contributed by atoms with Crippen LogP contribution in [-0.2, 0) is 4.74 Å². The van der Waals surface area contributed by atoms with Crippen LogP contribution in [0.4, 0.5) is 17.2 Å². The Morgan fingerprint density at radius 3 is 2.68 bits per heavy atom. The molecule has 0 unspecified atom stereocenters. The zero-order chi connectivity index (χ0) is 19.3. The van der Waals surface area contributed by atoms with Gasteiger partial charge in [-0.2, -0.15) is 0 Å². The van der Waals surface area contributed by atoms with E-state index in [4.69, 9.17) is 10.5 Å². The van der Waals surface area contributed by atoms with Gasteiger partial charge in [-0.3, -0.25) is 9.78 Å². The van der Waals surface area contributed by atoms with Crippen LogP contribution >= 0.6 is 0 Å². The fourth-order valence-electron chi connectivity index (χ4n) is 3.06. The van der Waals surface area contributed by atoms with E-state index in [1.807, 2.05) is 36.4 Å². The van der Waals surface area contributed by atoms with Crippen LogP contribution in [-0.4, -0.2) is 47.2 Å². The van der Waals surface area contributed by atoms with Gasteiger partial charge < -0.3 is 20.7 Å². The first-order chi connectivity index (χ1) is 13.7. The molecule has 3 heterocycles. The van der Waals surface area contributed by atoms with Crippen LogP contribution < -0.4 is 16.0 Å².